The second kappa shape index (κ2) is 17.4. The van der Waals surface area contributed by atoms with Gasteiger partial charge in [-0.3, -0.25) is 23.8 Å². The van der Waals surface area contributed by atoms with Gasteiger partial charge in [-0.15, -0.1) is 0 Å². The zero-order chi connectivity index (χ0) is 39.9. The van der Waals surface area contributed by atoms with Crippen molar-refractivity contribution in [1.82, 2.24) is 0 Å². The fourth-order valence-electron chi connectivity index (χ4n) is 5.37. The molecule has 0 aliphatic heterocycles. The molecular formula is C43H30Br2N2O7S2. The van der Waals surface area contributed by atoms with Crippen molar-refractivity contribution in [1.29, 1.82) is 0 Å². The zero-order valence-corrected chi connectivity index (χ0v) is 33.9. The number of rotatable bonds is 14. The van der Waals surface area contributed by atoms with Gasteiger partial charge in [-0.25, -0.2) is 16.8 Å². The van der Waals surface area contributed by atoms with Crippen LogP contribution in [0.2, 0.25) is 0 Å². The second-order valence-corrected chi connectivity index (χ2v) is 17.5. The van der Waals surface area contributed by atoms with E-state index in [4.69, 9.17) is 0 Å². The van der Waals surface area contributed by atoms with Crippen molar-refractivity contribution in [2.24, 2.45) is 0 Å². The van der Waals surface area contributed by atoms with Crippen LogP contribution in [0.1, 0.15) is 47.8 Å². The summed E-state index contributed by atoms with van der Waals surface area (Å²) in [4.78, 5) is 38.5. The molecule has 2 N–H and O–H groups in total. The Morgan fingerprint density at radius 3 is 1.20 bits per heavy atom. The quantitative estimate of drug-likeness (QED) is 0.0818. The first-order valence-electron chi connectivity index (χ1n) is 16.7. The fraction of sp³-hybridized carbons (Fsp3) is 0. The molecule has 0 spiro atoms. The van der Waals surface area contributed by atoms with E-state index in [1.54, 1.807) is 12.2 Å². The molecule has 0 radical (unpaired) electrons. The standard InChI is InChI=1S/C43H30Br2N2O7S2/c44-35-9-1-5-29(25-35)13-23-41(48)31-15-19-37(20-16-31)46-55(51,52)39-11-3-7-33(27-39)43(50)34-8-4-12-40(28-34)56(53,54)47-38-21-17-32(18-22-38)42(49)24-14-30-6-2-10-36(45)26-30/h1-28,46-47H/b23-13+,24-14+. The topological polar surface area (TPSA) is 144 Å². The average Bonchev–Trinajstić information content (AvgIpc) is 3.19. The van der Waals surface area contributed by atoms with Crippen LogP contribution >= 0.6 is 31.9 Å². The molecule has 0 amide bonds. The van der Waals surface area contributed by atoms with Crippen LogP contribution in [0, 0.1) is 0 Å². The molecule has 0 fully saturated rings. The minimum absolute atomic E-state index is 0.0164. The summed E-state index contributed by atoms with van der Waals surface area (Å²) in [5.41, 5.74) is 2.83. The van der Waals surface area contributed by atoms with E-state index >= 15 is 0 Å². The van der Waals surface area contributed by atoms with Gasteiger partial charge >= 0.3 is 0 Å². The molecule has 0 heterocycles. The summed E-state index contributed by atoms with van der Waals surface area (Å²) in [6.45, 7) is 0. The van der Waals surface area contributed by atoms with Crippen LogP contribution in [-0.4, -0.2) is 34.2 Å². The van der Waals surface area contributed by atoms with Crippen LogP contribution in [0.25, 0.3) is 12.2 Å². The fourth-order valence-corrected chi connectivity index (χ4v) is 8.41. The first-order chi connectivity index (χ1) is 26.8. The van der Waals surface area contributed by atoms with Crippen LogP contribution in [0.4, 0.5) is 11.4 Å². The van der Waals surface area contributed by atoms with Crippen molar-refractivity contribution in [2.75, 3.05) is 9.44 Å². The smallest absolute Gasteiger partial charge is 0.261 e. The number of hydrogen-bond donors (Lipinski definition) is 2. The Kier molecular flexibility index (Phi) is 12.4. The predicted octanol–water partition coefficient (Wildman–Crippen LogP) is 9.84. The van der Waals surface area contributed by atoms with E-state index in [-0.39, 0.29) is 43.9 Å². The van der Waals surface area contributed by atoms with Gasteiger partial charge in [-0.1, -0.05) is 92.5 Å². The zero-order valence-electron chi connectivity index (χ0n) is 29.1. The molecule has 9 nitrogen and oxygen atoms in total. The molecule has 0 saturated carbocycles. The Balaban J connectivity index is 1.10. The lowest BCUT2D eigenvalue weighted by atomic mass is 10.0. The van der Waals surface area contributed by atoms with E-state index in [1.807, 2.05) is 48.5 Å². The molecule has 56 heavy (non-hydrogen) atoms. The van der Waals surface area contributed by atoms with Gasteiger partial charge in [0.2, 0.25) is 0 Å². The summed E-state index contributed by atoms with van der Waals surface area (Å²) < 4.78 is 60.0. The lowest BCUT2D eigenvalue weighted by Gasteiger charge is -2.11. The van der Waals surface area contributed by atoms with Crippen LogP contribution < -0.4 is 9.44 Å². The first-order valence-corrected chi connectivity index (χ1v) is 21.3. The largest absolute Gasteiger partial charge is 0.289 e. The molecule has 0 aromatic heterocycles. The Morgan fingerprint density at radius 2 is 0.821 bits per heavy atom. The van der Waals surface area contributed by atoms with Crippen LogP contribution in [0.3, 0.4) is 0 Å². The number of halogens is 2. The van der Waals surface area contributed by atoms with Gasteiger partial charge in [-0.2, -0.15) is 0 Å². The monoisotopic (exact) mass is 908 g/mol. The van der Waals surface area contributed by atoms with E-state index < -0.39 is 25.8 Å². The maximum Gasteiger partial charge on any atom is 0.261 e. The van der Waals surface area contributed by atoms with Gasteiger partial charge < -0.3 is 0 Å². The minimum atomic E-state index is -4.17. The number of sulfonamides is 2. The van der Waals surface area contributed by atoms with Gasteiger partial charge in [0.15, 0.2) is 17.3 Å². The first kappa shape index (κ1) is 39.9. The van der Waals surface area contributed by atoms with Crippen molar-refractivity contribution in [3.8, 4) is 0 Å². The molecule has 0 aliphatic carbocycles. The highest BCUT2D eigenvalue weighted by Gasteiger charge is 2.20. The van der Waals surface area contributed by atoms with E-state index in [1.165, 1.54) is 109 Å². The third-order valence-electron chi connectivity index (χ3n) is 8.21. The van der Waals surface area contributed by atoms with Crippen LogP contribution in [0.5, 0.6) is 0 Å². The van der Waals surface area contributed by atoms with E-state index in [2.05, 4.69) is 41.3 Å². The van der Waals surface area contributed by atoms with E-state index in [0.29, 0.717) is 11.1 Å². The van der Waals surface area contributed by atoms with Gasteiger partial charge in [0.25, 0.3) is 20.0 Å². The van der Waals surface area contributed by atoms with E-state index in [9.17, 15) is 31.2 Å². The maximum atomic E-state index is 13.5. The number of allylic oxidation sites excluding steroid dienone is 2. The normalized spacial score (nSPS) is 11.8. The molecule has 0 bridgehead atoms. The number of hydrogen-bond acceptors (Lipinski definition) is 7. The molecule has 0 unspecified atom stereocenters. The van der Waals surface area contributed by atoms with Crippen molar-refractivity contribution >= 4 is 92.8 Å². The van der Waals surface area contributed by atoms with Gasteiger partial charge in [-0.05, 0) is 120 Å². The third-order valence-corrected chi connectivity index (χ3v) is 12.0. The van der Waals surface area contributed by atoms with Crippen LogP contribution in [0.15, 0.2) is 176 Å². The Morgan fingerprint density at radius 1 is 0.446 bits per heavy atom. The average molecular weight is 911 g/mol. The number of ketones is 3. The molecule has 0 saturated heterocycles. The molecule has 0 aliphatic rings. The highest BCUT2D eigenvalue weighted by Crippen LogP contribution is 2.23. The Hall–Kier alpha value is -5.73. The third kappa shape index (κ3) is 10.3. The summed E-state index contributed by atoms with van der Waals surface area (Å²) in [6, 6.07) is 37.5. The number of carbonyl (C=O) groups excluding carboxylic acids is 3. The lowest BCUT2D eigenvalue weighted by molar-refractivity contribution is 0.103. The highest BCUT2D eigenvalue weighted by molar-refractivity contribution is 9.10. The molecule has 6 rings (SSSR count). The van der Waals surface area contributed by atoms with Gasteiger partial charge in [0.05, 0.1) is 9.79 Å². The summed E-state index contributed by atoms with van der Waals surface area (Å²) in [5, 5.41) is 0. The van der Waals surface area contributed by atoms with Crippen LogP contribution in [-0.2, 0) is 20.0 Å². The molecule has 0 atom stereocenters. The summed E-state index contributed by atoms with van der Waals surface area (Å²) in [5.74, 6) is -1.12. The lowest BCUT2D eigenvalue weighted by Crippen LogP contribution is -2.15. The maximum absolute atomic E-state index is 13.5. The number of nitrogens with one attached hydrogen (secondary N) is 2. The summed E-state index contributed by atoms with van der Waals surface area (Å²) >= 11 is 6.79. The predicted molar refractivity (Wildman–Crippen MR) is 226 cm³/mol. The molecule has 280 valence electrons. The summed E-state index contributed by atoms with van der Waals surface area (Å²) in [7, 11) is -8.33. The molecular weight excluding hydrogens is 880 g/mol. The number of anilines is 2. The van der Waals surface area contributed by atoms with Crippen molar-refractivity contribution in [3.63, 3.8) is 0 Å². The van der Waals surface area contributed by atoms with Crippen molar-refractivity contribution in [2.45, 2.75) is 9.79 Å². The van der Waals surface area contributed by atoms with Crippen molar-refractivity contribution < 1.29 is 31.2 Å². The number of benzene rings is 6. The molecule has 13 heteroatoms. The molecule has 6 aromatic carbocycles. The highest BCUT2D eigenvalue weighted by atomic mass is 79.9. The SMILES string of the molecule is O=C(/C=C/c1cccc(Br)c1)c1ccc(NS(=O)(=O)c2cccc(C(=O)c3cccc(S(=O)(=O)Nc4ccc(C(=O)/C=C/c5cccc(Br)c5)cc4)c3)c2)cc1. The minimum Gasteiger partial charge on any atom is -0.289 e. The molecule has 6 aromatic rings. The van der Waals surface area contributed by atoms with Gasteiger partial charge in [0.1, 0.15) is 0 Å². The van der Waals surface area contributed by atoms with E-state index in [0.717, 1.165) is 20.1 Å². The second-order valence-electron chi connectivity index (χ2n) is 12.3. The Labute approximate surface area is 341 Å². The van der Waals surface area contributed by atoms with Crippen molar-refractivity contribution in [3.05, 3.63) is 200 Å². The Bertz CT molecular complexity index is 2560. The summed E-state index contributed by atoms with van der Waals surface area (Å²) in [6.07, 6.45) is 6.23. The number of carbonyl (C=O) groups is 3. The van der Waals surface area contributed by atoms with Gasteiger partial charge in [0, 0.05) is 42.6 Å².